The van der Waals surface area contributed by atoms with E-state index in [0.29, 0.717) is 17.3 Å². The normalized spacial score (nSPS) is 10.3. The summed E-state index contributed by atoms with van der Waals surface area (Å²) in [4.78, 5) is 24.6. The number of hydrogen-bond acceptors (Lipinski definition) is 4. The summed E-state index contributed by atoms with van der Waals surface area (Å²) in [6.45, 7) is 0.388. The summed E-state index contributed by atoms with van der Waals surface area (Å²) < 4.78 is 0. The lowest BCUT2D eigenvalue weighted by molar-refractivity contribution is 0.0945. The molecule has 1 aromatic carbocycles. The van der Waals surface area contributed by atoms with Crippen molar-refractivity contribution in [2.75, 3.05) is 0 Å². The van der Waals surface area contributed by atoms with E-state index in [4.69, 9.17) is 11.6 Å². The minimum Gasteiger partial charge on any atom is -0.347 e. The third-order valence-electron chi connectivity index (χ3n) is 3.18. The van der Waals surface area contributed by atoms with E-state index in [9.17, 15) is 4.79 Å². The van der Waals surface area contributed by atoms with Gasteiger partial charge in [-0.2, -0.15) is 0 Å². The van der Waals surface area contributed by atoms with Crippen LogP contribution >= 0.6 is 11.6 Å². The van der Waals surface area contributed by atoms with Gasteiger partial charge in [0.2, 0.25) is 0 Å². The smallest absolute Gasteiger partial charge is 0.271 e. The van der Waals surface area contributed by atoms with Gasteiger partial charge in [0.1, 0.15) is 5.69 Å². The van der Waals surface area contributed by atoms with E-state index in [2.05, 4.69) is 20.3 Å². The second-order valence-electron chi connectivity index (χ2n) is 4.84. The Labute approximate surface area is 138 Å². The number of pyridine rings is 1. The molecule has 0 bridgehead atoms. The maximum atomic E-state index is 12.2. The van der Waals surface area contributed by atoms with Crippen molar-refractivity contribution in [2.45, 2.75) is 6.54 Å². The largest absolute Gasteiger partial charge is 0.347 e. The van der Waals surface area contributed by atoms with E-state index in [1.807, 2.05) is 24.3 Å². The van der Waals surface area contributed by atoms with Crippen molar-refractivity contribution in [3.05, 3.63) is 77.5 Å². The van der Waals surface area contributed by atoms with Crippen molar-refractivity contribution in [3.8, 4) is 11.3 Å². The summed E-state index contributed by atoms with van der Waals surface area (Å²) in [6.07, 6.45) is 6.45. The molecule has 1 amide bonds. The fourth-order valence-electron chi connectivity index (χ4n) is 2.01. The lowest BCUT2D eigenvalue weighted by Crippen LogP contribution is -2.24. The van der Waals surface area contributed by atoms with Crippen LogP contribution in [-0.4, -0.2) is 20.9 Å². The van der Waals surface area contributed by atoms with Crippen LogP contribution in [0.5, 0.6) is 0 Å². The highest BCUT2D eigenvalue weighted by molar-refractivity contribution is 6.30. The van der Waals surface area contributed by atoms with E-state index < -0.39 is 0 Å². The predicted octanol–water partition coefficient (Wildman–Crippen LogP) is 3.12. The fraction of sp³-hybridized carbons (Fsp3) is 0.0588. The summed E-state index contributed by atoms with van der Waals surface area (Å²) >= 11 is 5.88. The maximum absolute atomic E-state index is 12.2. The van der Waals surface area contributed by atoms with E-state index in [1.165, 1.54) is 6.20 Å². The molecule has 0 saturated heterocycles. The molecule has 2 heterocycles. The van der Waals surface area contributed by atoms with Gasteiger partial charge in [-0.3, -0.25) is 14.8 Å². The molecule has 23 heavy (non-hydrogen) atoms. The Morgan fingerprint density at radius 1 is 1.04 bits per heavy atom. The van der Waals surface area contributed by atoms with Crippen LogP contribution in [0.25, 0.3) is 11.3 Å². The molecule has 2 aromatic heterocycles. The molecule has 0 fully saturated rings. The van der Waals surface area contributed by atoms with Gasteiger partial charge in [-0.1, -0.05) is 29.8 Å². The van der Waals surface area contributed by atoms with Crippen LogP contribution in [0.15, 0.2) is 61.2 Å². The number of aromatic nitrogens is 3. The number of rotatable bonds is 4. The van der Waals surface area contributed by atoms with Gasteiger partial charge >= 0.3 is 0 Å². The summed E-state index contributed by atoms with van der Waals surface area (Å²) in [7, 11) is 0. The minimum atomic E-state index is -0.280. The standard InChI is InChI=1S/C17H13ClN4O/c18-14-5-3-13(4-6-14)15-10-20-11-16(22-15)17(23)21-9-12-2-1-7-19-8-12/h1-8,10-11H,9H2,(H,21,23). The van der Waals surface area contributed by atoms with Crippen molar-refractivity contribution in [1.82, 2.24) is 20.3 Å². The van der Waals surface area contributed by atoms with Gasteiger partial charge in [0.25, 0.3) is 5.91 Å². The van der Waals surface area contributed by atoms with E-state index in [1.54, 1.807) is 30.7 Å². The van der Waals surface area contributed by atoms with Crippen molar-refractivity contribution >= 4 is 17.5 Å². The van der Waals surface area contributed by atoms with Crippen LogP contribution in [0.1, 0.15) is 16.1 Å². The van der Waals surface area contributed by atoms with Crippen LogP contribution in [0.3, 0.4) is 0 Å². The van der Waals surface area contributed by atoms with E-state index in [0.717, 1.165) is 11.1 Å². The molecule has 0 aliphatic rings. The van der Waals surface area contributed by atoms with Gasteiger partial charge in [0, 0.05) is 29.5 Å². The molecule has 0 radical (unpaired) electrons. The molecule has 114 valence electrons. The van der Waals surface area contributed by atoms with E-state index in [-0.39, 0.29) is 11.6 Å². The number of nitrogens with zero attached hydrogens (tertiary/aromatic N) is 3. The highest BCUT2D eigenvalue weighted by Crippen LogP contribution is 2.19. The fourth-order valence-corrected chi connectivity index (χ4v) is 2.14. The number of halogens is 1. The van der Waals surface area contributed by atoms with Crippen LogP contribution in [0, 0.1) is 0 Å². The first-order chi connectivity index (χ1) is 11.2. The highest BCUT2D eigenvalue weighted by Gasteiger charge is 2.09. The first-order valence-corrected chi connectivity index (χ1v) is 7.35. The number of hydrogen-bond donors (Lipinski definition) is 1. The maximum Gasteiger partial charge on any atom is 0.271 e. The van der Waals surface area contributed by atoms with E-state index >= 15 is 0 Å². The molecule has 0 spiro atoms. The zero-order valence-electron chi connectivity index (χ0n) is 12.1. The summed E-state index contributed by atoms with van der Waals surface area (Å²) in [5.74, 6) is -0.280. The van der Waals surface area contributed by atoms with Gasteiger partial charge in [0.05, 0.1) is 18.1 Å². The van der Waals surface area contributed by atoms with Gasteiger partial charge in [-0.25, -0.2) is 4.98 Å². The third-order valence-corrected chi connectivity index (χ3v) is 3.44. The average Bonchev–Trinajstić information content (AvgIpc) is 2.61. The molecule has 3 rings (SSSR count). The minimum absolute atomic E-state index is 0.265. The first-order valence-electron chi connectivity index (χ1n) is 6.97. The van der Waals surface area contributed by atoms with Gasteiger partial charge in [-0.15, -0.1) is 0 Å². The Bertz CT molecular complexity index is 806. The lowest BCUT2D eigenvalue weighted by atomic mass is 10.1. The number of benzene rings is 1. The lowest BCUT2D eigenvalue weighted by Gasteiger charge is -2.06. The Kier molecular flexibility index (Phi) is 4.59. The summed E-state index contributed by atoms with van der Waals surface area (Å²) in [5, 5.41) is 3.45. The second-order valence-corrected chi connectivity index (χ2v) is 5.28. The second kappa shape index (κ2) is 6.98. The molecular formula is C17H13ClN4O. The van der Waals surface area contributed by atoms with Crippen LogP contribution in [0.4, 0.5) is 0 Å². The first kappa shape index (κ1) is 15.1. The molecule has 0 aliphatic heterocycles. The Morgan fingerprint density at radius 2 is 1.87 bits per heavy atom. The topological polar surface area (TPSA) is 67.8 Å². The Hall–Kier alpha value is -2.79. The third kappa shape index (κ3) is 3.90. The summed E-state index contributed by atoms with van der Waals surface area (Å²) in [5.41, 5.74) is 2.66. The quantitative estimate of drug-likeness (QED) is 0.800. The van der Waals surface area contributed by atoms with Crippen LogP contribution < -0.4 is 5.32 Å². The van der Waals surface area contributed by atoms with Crippen LogP contribution in [0.2, 0.25) is 5.02 Å². The average molecular weight is 325 g/mol. The number of carbonyl (C=O) groups is 1. The molecule has 0 unspecified atom stereocenters. The van der Waals surface area contributed by atoms with Gasteiger partial charge in [0.15, 0.2) is 0 Å². The molecular weight excluding hydrogens is 312 g/mol. The molecule has 1 N–H and O–H groups in total. The molecule has 5 nitrogen and oxygen atoms in total. The van der Waals surface area contributed by atoms with Gasteiger partial charge in [-0.05, 0) is 23.8 Å². The predicted molar refractivity (Wildman–Crippen MR) is 87.9 cm³/mol. The van der Waals surface area contributed by atoms with Crippen molar-refractivity contribution in [1.29, 1.82) is 0 Å². The zero-order valence-corrected chi connectivity index (χ0v) is 12.9. The molecule has 6 heteroatoms. The molecule has 3 aromatic rings. The Balaban J connectivity index is 1.74. The monoisotopic (exact) mass is 324 g/mol. The number of carbonyl (C=O) groups excluding carboxylic acids is 1. The van der Waals surface area contributed by atoms with Crippen molar-refractivity contribution in [3.63, 3.8) is 0 Å². The molecule has 0 saturated carbocycles. The van der Waals surface area contributed by atoms with Crippen molar-refractivity contribution < 1.29 is 4.79 Å². The molecule has 0 atom stereocenters. The Morgan fingerprint density at radius 3 is 2.61 bits per heavy atom. The molecule has 0 aliphatic carbocycles. The number of nitrogens with one attached hydrogen (secondary N) is 1. The number of amides is 1. The van der Waals surface area contributed by atoms with Gasteiger partial charge < -0.3 is 5.32 Å². The van der Waals surface area contributed by atoms with Crippen LogP contribution in [-0.2, 0) is 6.54 Å². The zero-order chi connectivity index (χ0) is 16.1. The van der Waals surface area contributed by atoms with Crippen molar-refractivity contribution in [2.24, 2.45) is 0 Å². The highest BCUT2D eigenvalue weighted by atomic mass is 35.5. The summed E-state index contributed by atoms with van der Waals surface area (Å²) in [6, 6.07) is 10.9. The SMILES string of the molecule is O=C(NCc1cccnc1)c1cncc(-c2ccc(Cl)cc2)n1.